The molecule has 0 bridgehead atoms. The maximum Gasteiger partial charge on any atom is 0.105 e. The third-order valence-electron chi connectivity index (χ3n) is 3.08. The van der Waals surface area contributed by atoms with Gasteiger partial charge in [0.05, 0.1) is 19.8 Å². The lowest BCUT2D eigenvalue weighted by atomic mass is 10.1. The van der Waals surface area contributed by atoms with Crippen molar-refractivity contribution in [2.45, 2.75) is 33.1 Å². The van der Waals surface area contributed by atoms with Crippen molar-refractivity contribution in [3.8, 4) is 0 Å². The zero-order valence-corrected chi connectivity index (χ0v) is 13.2. The summed E-state index contributed by atoms with van der Waals surface area (Å²) in [7, 11) is 0. The number of benzene rings is 1. The van der Waals surface area contributed by atoms with Crippen molar-refractivity contribution < 1.29 is 9.47 Å². The van der Waals surface area contributed by atoms with Crippen LogP contribution in [0, 0.1) is 5.92 Å². The highest BCUT2D eigenvalue weighted by molar-refractivity contribution is 9.10. The minimum atomic E-state index is 0.277. The van der Waals surface area contributed by atoms with E-state index in [0.29, 0.717) is 12.5 Å². The SMILES string of the molecule is CC(C)CNCc1ccc(COC2COC2)c(Br)c1. The Labute approximate surface area is 123 Å². The molecule has 19 heavy (non-hydrogen) atoms. The number of nitrogens with one attached hydrogen (secondary N) is 1. The second-order valence-electron chi connectivity index (χ2n) is 5.42. The molecule has 0 amide bonds. The number of ether oxygens (including phenoxy) is 2. The molecule has 0 aromatic heterocycles. The molecule has 4 heteroatoms. The van der Waals surface area contributed by atoms with E-state index in [0.717, 1.165) is 30.8 Å². The van der Waals surface area contributed by atoms with E-state index in [4.69, 9.17) is 9.47 Å². The highest BCUT2D eigenvalue weighted by atomic mass is 79.9. The van der Waals surface area contributed by atoms with Gasteiger partial charge in [-0.25, -0.2) is 0 Å². The molecule has 1 fully saturated rings. The molecule has 0 spiro atoms. The Morgan fingerprint density at radius 2 is 2.21 bits per heavy atom. The van der Waals surface area contributed by atoms with Crippen molar-refractivity contribution in [2.24, 2.45) is 5.92 Å². The molecule has 1 aliphatic heterocycles. The van der Waals surface area contributed by atoms with E-state index in [1.54, 1.807) is 0 Å². The summed E-state index contributed by atoms with van der Waals surface area (Å²) in [6, 6.07) is 6.47. The van der Waals surface area contributed by atoms with Crippen molar-refractivity contribution in [1.82, 2.24) is 5.32 Å². The summed E-state index contributed by atoms with van der Waals surface area (Å²) in [5, 5.41) is 3.45. The first kappa shape index (κ1) is 15.0. The van der Waals surface area contributed by atoms with E-state index in [-0.39, 0.29) is 6.10 Å². The zero-order chi connectivity index (χ0) is 13.7. The molecule has 0 saturated carbocycles. The molecule has 1 heterocycles. The van der Waals surface area contributed by atoms with Gasteiger partial charge in [0.15, 0.2) is 0 Å². The van der Waals surface area contributed by atoms with E-state index < -0.39 is 0 Å². The van der Waals surface area contributed by atoms with Gasteiger partial charge < -0.3 is 14.8 Å². The van der Waals surface area contributed by atoms with Gasteiger partial charge in [-0.15, -0.1) is 0 Å². The normalized spacial score (nSPS) is 15.8. The molecule has 0 unspecified atom stereocenters. The van der Waals surface area contributed by atoms with Crippen LogP contribution in [0.2, 0.25) is 0 Å². The minimum absolute atomic E-state index is 0.277. The average molecular weight is 328 g/mol. The number of halogens is 1. The minimum Gasteiger partial charge on any atom is -0.376 e. The Bertz CT molecular complexity index is 405. The molecule has 3 nitrogen and oxygen atoms in total. The zero-order valence-electron chi connectivity index (χ0n) is 11.6. The first-order chi connectivity index (χ1) is 9.15. The monoisotopic (exact) mass is 327 g/mol. The Kier molecular flexibility index (Phi) is 5.82. The van der Waals surface area contributed by atoms with E-state index in [2.05, 4.69) is 53.3 Å². The summed E-state index contributed by atoms with van der Waals surface area (Å²) in [6.45, 7) is 8.50. The predicted molar refractivity (Wildman–Crippen MR) is 80.1 cm³/mol. The molecular weight excluding hydrogens is 306 g/mol. The highest BCUT2D eigenvalue weighted by Crippen LogP contribution is 2.21. The van der Waals surface area contributed by atoms with Gasteiger partial charge in [-0.1, -0.05) is 41.9 Å². The summed E-state index contributed by atoms with van der Waals surface area (Å²) < 4.78 is 11.9. The second-order valence-corrected chi connectivity index (χ2v) is 6.28. The van der Waals surface area contributed by atoms with Gasteiger partial charge in [0.25, 0.3) is 0 Å². The molecule has 1 saturated heterocycles. The standard InChI is InChI=1S/C15H22BrNO2/c1-11(2)6-17-7-12-3-4-13(15(16)5-12)8-19-14-9-18-10-14/h3-5,11,14,17H,6-10H2,1-2H3. The van der Waals surface area contributed by atoms with Crippen molar-refractivity contribution in [3.63, 3.8) is 0 Å². The lowest BCUT2D eigenvalue weighted by Crippen LogP contribution is -2.35. The quantitative estimate of drug-likeness (QED) is 0.834. The Morgan fingerprint density at radius 1 is 1.42 bits per heavy atom. The lowest BCUT2D eigenvalue weighted by Gasteiger charge is -2.26. The van der Waals surface area contributed by atoms with Crippen LogP contribution in [-0.2, 0) is 22.6 Å². The fourth-order valence-corrected chi connectivity index (χ4v) is 2.38. The first-order valence-electron chi connectivity index (χ1n) is 6.82. The maximum atomic E-state index is 5.73. The molecular formula is C15H22BrNO2. The molecule has 1 aromatic rings. The fourth-order valence-electron chi connectivity index (χ4n) is 1.84. The van der Waals surface area contributed by atoms with E-state index in [1.165, 1.54) is 11.1 Å². The fraction of sp³-hybridized carbons (Fsp3) is 0.600. The average Bonchev–Trinajstić information content (AvgIpc) is 2.29. The molecule has 106 valence electrons. The predicted octanol–water partition coefficient (Wildman–Crippen LogP) is 3.11. The molecule has 1 N–H and O–H groups in total. The first-order valence-corrected chi connectivity index (χ1v) is 7.62. The van der Waals surface area contributed by atoms with Gasteiger partial charge >= 0.3 is 0 Å². The van der Waals surface area contributed by atoms with E-state index in [9.17, 15) is 0 Å². The topological polar surface area (TPSA) is 30.5 Å². The summed E-state index contributed by atoms with van der Waals surface area (Å²) in [5.41, 5.74) is 2.49. The summed E-state index contributed by atoms with van der Waals surface area (Å²) in [4.78, 5) is 0. The Balaban J connectivity index is 1.81. The van der Waals surface area contributed by atoms with Crippen LogP contribution in [0.15, 0.2) is 22.7 Å². The van der Waals surface area contributed by atoms with Crippen LogP contribution >= 0.6 is 15.9 Å². The van der Waals surface area contributed by atoms with Crippen LogP contribution in [0.25, 0.3) is 0 Å². The van der Waals surface area contributed by atoms with Crippen LogP contribution in [-0.4, -0.2) is 25.9 Å². The molecule has 2 rings (SSSR count). The Morgan fingerprint density at radius 3 is 2.79 bits per heavy atom. The van der Waals surface area contributed by atoms with Gasteiger partial charge in [0.1, 0.15) is 6.10 Å². The largest absolute Gasteiger partial charge is 0.376 e. The molecule has 1 aromatic carbocycles. The van der Waals surface area contributed by atoms with Crippen LogP contribution < -0.4 is 5.32 Å². The summed E-state index contributed by atoms with van der Waals surface area (Å²) in [5.74, 6) is 0.681. The third-order valence-corrected chi connectivity index (χ3v) is 3.82. The van der Waals surface area contributed by atoms with Crippen molar-refractivity contribution in [1.29, 1.82) is 0 Å². The van der Waals surface area contributed by atoms with Gasteiger partial charge in [-0.3, -0.25) is 0 Å². The van der Waals surface area contributed by atoms with Crippen molar-refractivity contribution in [2.75, 3.05) is 19.8 Å². The highest BCUT2D eigenvalue weighted by Gasteiger charge is 2.18. The third kappa shape index (κ3) is 4.88. The van der Waals surface area contributed by atoms with Crippen LogP contribution in [0.1, 0.15) is 25.0 Å². The maximum absolute atomic E-state index is 5.73. The van der Waals surface area contributed by atoms with Crippen LogP contribution in [0.3, 0.4) is 0 Å². The van der Waals surface area contributed by atoms with Crippen molar-refractivity contribution >= 4 is 15.9 Å². The smallest absolute Gasteiger partial charge is 0.105 e. The van der Waals surface area contributed by atoms with Crippen LogP contribution in [0.5, 0.6) is 0 Å². The number of rotatable bonds is 7. The molecule has 1 aliphatic rings. The van der Waals surface area contributed by atoms with E-state index in [1.807, 2.05) is 0 Å². The summed E-state index contributed by atoms with van der Waals surface area (Å²) in [6.07, 6.45) is 0.277. The molecule has 0 radical (unpaired) electrons. The molecule has 0 aliphatic carbocycles. The lowest BCUT2D eigenvalue weighted by molar-refractivity contribution is -0.135. The van der Waals surface area contributed by atoms with Gasteiger partial charge in [-0.2, -0.15) is 0 Å². The van der Waals surface area contributed by atoms with Gasteiger partial charge in [0.2, 0.25) is 0 Å². The van der Waals surface area contributed by atoms with E-state index >= 15 is 0 Å². The molecule has 0 atom stereocenters. The van der Waals surface area contributed by atoms with Crippen LogP contribution in [0.4, 0.5) is 0 Å². The summed E-state index contributed by atoms with van der Waals surface area (Å²) >= 11 is 3.62. The van der Waals surface area contributed by atoms with Crippen molar-refractivity contribution in [3.05, 3.63) is 33.8 Å². The Hall–Kier alpha value is -0.420. The van der Waals surface area contributed by atoms with Gasteiger partial charge in [-0.05, 0) is 29.7 Å². The second kappa shape index (κ2) is 7.39. The van der Waals surface area contributed by atoms with Gasteiger partial charge in [0, 0.05) is 11.0 Å². The number of hydrogen-bond donors (Lipinski definition) is 1. The number of hydrogen-bond acceptors (Lipinski definition) is 3.